The number of esters is 2. The number of carbonyl (C=O) groups excluding carboxylic acids is 2. The molecule has 0 N–H and O–H groups in total. The molecule has 0 aromatic carbocycles. The Balaban J connectivity index is 3.47. The molecule has 0 atom stereocenters. The molecule has 0 radical (unpaired) electrons. The van der Waals surface area contributed by atoms with E-state index in [-0.39, 0.29) is 26.4 Å². The molecule has 0 rings (SSSR count). The van der Waals surface area contributed by atoms with Gasteiger partial charge in [0.2, 0.25) is 13.6 Å². The highest BCUT2D eigenvalue weighted by molar-refractivity contribution is 5.77. The molecule has 0 aromatic heterocycles. The zero-order chi connectivity index (χ0) is 12.2. The first kappa shape index (κ1) is 14.0. The van der Waals surface area contributed by atoms with Crippen molar-refractivity contribution in [3.05, 3.63) is 25.7 Å². The van der Waals surface area contributed by atoms with Gasteiger partial charge in [0.05, 0.1) is 25.4 Å². The van der Waals surface area contributed by atoms with Crippen LogP contribution in [0.4, 0.5) is 0 Å². The van der Waals surface area contributed by atoms with E-state index in [2.05, 4.69) is 32.1 Å². The van der Waals surface area contributed by atoms with E-state index in [1.54, 1.807) is 0 Å². The fraction of sp³-hybridized carbons (Fsp3) is 0.400. The lowest BCUT2D eigenvalue weighted by Gasteiger charge is -2.04. The third-order valence-corrected chi connectivity index (χ3v) is 1.34. The Bertz CT molecular complexity index is 222. The van der Waals surface area contributed by atoms with E-state index in [4.69, 9.17) is 0 Å². The molecule has 0 saturated heterocycles. The van der Waals surface area contributed by atoms with E-state index in [0.717, 1.165) is 12.5 Å². The molecule has 0 aliphatic carbocycles. The van der Waals surface area contributed by atoms with Gasteiger partial charge in [-0.1, -0.05) is 13.2 Å². The quantitative estimate of drug-likeness (QED) is 0.255. The minimum Gasteiger partial charge on any atom is -0.466 e. The number of hydrogen-bond acceptors (Lipinski definition) is 6. The van der Waals surface area contributed by atoms with Crippen LogP contribution in [0.1, 0.15) is 12.8 Å². The molecule has 6 nitrogen and oxygen atoms in total. The third kappa shape index (κ3) is 8.61. The van der Waals surface area contributed by atoms with Gasteiger partial charge in [-0.2, -0.15) is 0 Å². The van der Waals surface area contributed by atoms with E-state index in [0.29, 0.717) is 0 Å². The first-order chi connectivity index (χ1) is 7.70. The van der Waals surface area contributed by atoms with Gasteiger partial charge in [-0.25, -0.2) is 0 Å². The van der Waals surface area contributed by atoms with Crippen molar-refractivity contribution >= 4 is 11.9 Å². The van der Waals surface area contributed by atoms with E-state index >= 15 is 0 Å². The summed E-state index contributed by atoms with van der Waals surface area (Å²) in [5, 5.41) is 0. The summed E-state index contributed by atoms with van der Waals surface area (Å²) in [6.07, 6.45) is 2.14. The van der Waals surface area contributed by atoms with Gasteiger partial charge in [0, 0.05) is 0 Å². The predicted molar refractivity (Wildman–Crippen MR) is 53.7 cm³/mol. The van der Waals surface area contributed by atoms with Gasteiger partial charge in [-0.15, -0.1) is 0 Å². The van der Waals surface area contributed by atoms with E-state index in [1.807, 2.05) is 0 Å². The average Bonchev–Trinajstić information content (AvgIpc) is 2.27. The van der Waals surface area contributed by atoms with E-state index in [1.165, 1.54) is 0 Å². The molecule has 0 aliphatic rings. The summed E-state index contributed by atoms with van der Waals surface area (Å²) in [5.41, 5.74) is 0. The Morgan fingerprint density at radius 3 is 1.56 bits per heavy atom. The molecular weight excluding hydrogens is 216 g/mol. The zero-order valence-corrected chi connectivity index (χ0v) is 8.85. The van der Waals surface area contributed by atoms with Gasteiger partial charge in [0.1, 0.15) is 0 Å². The van der Waals surface area contributed by atoms with Crippen molar-refractivity contribution in [3.8, 4) is 0 Å². The van der Waals surface area contributed by atoms with Crippen molar-refractivity contribution in [2.75, 3.05) is 13.6 Å². The lowest BCUT2D eigenvalue weighted by atomic mass is 10.3. The maximum absolute atomic E-state index is 11.0. The Morgan fingerprint density at radius 2 is 1.25 bits per heavy atom. The Hall–Kier alpha value is -1.98. The van der Waals surface area contributed by atoms with Gasteiger partial charge in [0.25, 0.3) is 0 Å². The standard InChI is InChI=1S/C10H14O6/c1-3-13-7-15-9(11)5-6-10(12)16-8-14-4-2/h3-4H,1-2,5-8H2. The summed E-state index contributed by atoms with van der Waals surface area (Å²) < 4.78 is 18.3. The molecule has 0 saturated carbocycles. The topological polar surface area (TPSA) is 71.1 Å². The Morgan fingerprint density at radius 1 is 0.875 bits per heavy atom. The first-order valence-electron chi connectivity index (χ1n) is 4.47. The second-order valence-corrected chi connectivity index (χ2v) is 2.44. The number of carbonyl (C=O) groups is 2. The predicted octanol–water partition coefficient (Wildman–Crippen LogP) is 1.09. The monoisotopic (exact) mass is 230 g/mol. The van der Waals surface area contributed by atoms with Crippen LogP contribution in [-0.2, 0) is 28.5 Å². The fourth-order valence-electron chi connectivity index (χ4n) is 0.644. The van der Waals surface area contributed by atoms with Crippen molar-refractivity contribution in [3.63, 3.8) is 0 Å². The molecule has 0 aromatic rings. The van der Waals surface area contributed by atoms with Gasteiger partial charge >= 0.3 is 11.9 Å². The Labute approximate surface area is 93.4 Å². The number of ether oxygens (including phenoxy) is 4. The molecule has 0 spiro atoms. The van der Waals surface area contributed by atoms with Crippen LogP contribution in [-0.4, -0.2) is 25.5 Å². The van der Waals surface area contributed by atoms with Gasteiger partial charge in [-0.05, 0) is 0 Å². The smallest absolute Gasteiger partial charge is 0.309 e. The summed E-state index contributed by atoms with van der Waals surface area (Å²) >= 11 is 0. The van der Waals surface area contributed by atoms with Crippen molar-refractivity contribution in [2.45, 2.75) is 12.8 Å². The van der Waals surface area contributed by atoms with Gasteiger partial charge in [-0.3, -0.25) is 9.59 Å². The summed E-state index contributed by atoms with van der Waals surface area (Å²) in [6.45, 7) is 6.11. The summed E-state index contributed by atoms with van der Waals surface area (Å²) in [6, 6.07) is 0. The molecule has 0 bridgehead atoms. The Kier molecular flexibility index (Phi) is 8.39. The molecule has 90 valence electrons. The zero-order valence-electron chi connectivity index (χ0n) is 8.85. The fourth-order valence-corrected chi connectivity index (χ4v) is 0.644. The van der Waals surface area contributed by atoms with Crippen LogP contribution in [0, 0.1) is 0 Å². The molecule has 0 heterocycles. The van der Waals surface area contributed by atoms with Gasteiger partial charge < -0.3 is 18.9 Å². The maximum Gasteiger partial charge on any atom is 0.309 e. The second-order valence-electron chi connectivity index (χ2n) is 2.44. The summed E-state index contributed by atoms with van der Waals surface area (Å²) in [7, 11) is 0. The van der Waals surface area contributed by atoms with Crippen LogP contribution in [0.25, 0.3) is 0 Å². The van der Waals surface area contributed by atoms with Crippen molar-refractivity contribution < 1.29 is 28.5 Å². The molecule has 0 fully saturated rings. The van der Waals surface area contributed by atoms with Crippen LogP contribution >= 0.6 is 0 Å². The van der Waals surface area contributed by atoms with E-state index in [9.17, 15) is 9.59 Å². The highest BCUT2D eigenvalue weighted by atomic mass is 16.7. The van der Waals surface area contributed by atoms with Crippen LogP contribution in [0.3, 0.4) is 0 Å². The molecule has 0 unspecified atom stereocenters. The number of hydrogen-bond donors (Lipinski definition) is 0. The van der Waals surface area contributed by atoms with Crippen LogP contribution in [0.15, 0.2) is 25.7 Å². The van der Waals surface area contributed by atoms with Crippen LogP contribution in [0.5, 0.6) is 0 Å². The number of rotatable bonds is 9. The molecule has 16 heavy (non-hydrogen) atoms. The second kappa shape index (κ2) is 9.57. The SMILES string of the molecule is C=COCOC(=O)CCC(=O)OCOC=C. The molecule has 0 aliphatic heterocycles. The molecule has 0 amide bonds. The normalized spacial score (nSPS) is 8.75. The minimum atomic E-state index is -0.552. The maximum atomic E-state index is 11.0. The largest absolute Gasteiger partial charge is 0.466 e. The summed E-state index contributed by atoms with van der Waals surface area (Å²) in [5.74, 6) is -1.10. The third-order valence-electron chi connectivity index (χ3n) is 1.34. The van der Waals surface area contributed by atoms with Gasteiger partial charge in [0.15, 0.2) is 0 Å². The van der Waals surface area contributed by atoms with Crippen molar-refractivity contribution in [1.29, 1.82) is 0 Å². The van der Waals surface area contributed by atoms with Crippen molar-refractivity contribution in [2.24, 2.45) is 0 Å². The minimum absolute atomic E-state index is 0.0760. The lowest BCUT2D eigenvalue weighted by molar-refractivity contribution is -0.159. The van der Waals surface area contributed by atoms with Crippen LogP contribution in [0.2, 0.25) is 0 Å². The van der Waals surface area contributed by atoms with E-state index < -0.39 is 11.9 Å². The van der Waals surface area contributed by atoms with Crippen LogP contribution < -0.4 is 0 Å². The average molecular weight is 230 g/mol. The first-order valence-corrected chi connectivity index (χ1v) is 4.47. The van der Waals surface area contributed by atoms with Crippen molar-refractivity contribution in [1.82, 2.24) is 0 Å². The highest BCUT2D eigenvalue weighted by Gasteiger charge is 2.08. The molecule has 6 heteroatoms. The highest BCUT2D eigenvalue weighted by Crippen LogP contribution is 1.96. The summed E-state index contributed by atoms with van der Waals surface area (Å²) in [4.78, 5) is 21.9. The lowest BCUT2D eigenvalue weighted by Crippen LogP contribution is -2.12. The molecular formula is C10H14O6.